The molecule has 0 amide bonds. The number of hydrogen-bond donors (Lipinski definition) is 0. The van der Waals surface area contributed by atoms with Crippen molar-refractivity contribution in [3.05, 3.63) is 12.3 Å². The highest BCUT2D eigenvalue weighted by Gasteiger charge is 2.15. The molecular weight excluding hydrogens is 126 g/mol. The van der Waals surface area contributed by atoms with Crippen LogP contribution in [0.1, 0.15) is 27.7 Å². The number of quaternary nitrogens is 1. The zero-order chi connectivity index (χ0) is 8.41. The lowest BCUT2D eigenvalue weighted by Gasteiger charge is -2.50. The van der Waals surface area contributed by atoms with E-state index in [0.29, 0.717) is 13.1 Å². The van der Waals surface area contributed by atoms with Crippen molar-refractivity contribution in [2.24, 2.45) is 5.41 Å². The third-order valence-electron chi connectivity index (χ3n) is 1.34. The largest absolute Gasteiger partial charge is 0.662 e. The normalized spacial score (nSPS) is 18.6. The molecule has 2 nitrogen and oxygen atoms in total. The molecule has 0 aromatic heterocycles. The van der Waals surface area contributed by atoms with E-state index in [4.69, 9.17) is 0 Å². The van der Waals surface area contributed by atoms with Gasteiger partial charge in [0.05, 0.1) is 13.1 Å². The van der Waals surface area contributed by atoms with Gasteiger partial charge in [-0.15, -0.1) is 7.05 Å². The van der Waals surface area contributed by atoms with Crippen molar-refractivity contribution in [2.45, 2.75) is 27.7 Å². The van der Waals surface area contributed by atoms with Crippen molar-refractivity contribution in [1.29, 1.82) is 0 Å². The second-order valence-electron chi connectivity index (χ2n) is 4.09. The molecule has 0 aromatic rings. The summed E-state index contributed by atoms with van der Waals surface area (Å²) in [6.07, 6.45) is 0. The summed E-state index contributed by atoms with van der Waals surface area (Å²) in [6.45, 7) is 9.17. The van der Waals surface area contributed by atoms with Crippen molar-refractivity contribution in [3.63, 3.8) is 0 Å². The van der Waals surface area contributed by atoms with Gasteiger partial charge in [0, 0.05) is 5.41 Å². The van der Waals surface area contributed by atoms with Crippen LogP contribution in [0.3, 0.4) is 0 Å². The summed E-state index contributed by atoms with van der Waals surface area (Å²) in [7, 11) is 3.56. The van der Waals surface area contributed by atoms with E-state index in [1.807, 2.05) is 6.92 Å². The first-order chi connectivity index (χ1) is 4.27. The highest BCUT2D eigenvalue weighted by Crippen LogP contribution is 2.18. The van der Waals surface area contributed by atoms with Gasteiger partial charge in [-0.1, -0.05) is 20.8 Å². The first kappa shape index (κ1) is 9.92. The molecule has 0 radical (unpaired) electrons. The second kappa shape index (κ2) is 2.89. The van der Waals surface area contributed by atoms with Gasteiger partial charge in [-0.3, -0.25) is 0 Å². The van der Waals surface area contributed by atoms with E-state index in [2.05, 4.69) is 27.8 Å². The molecule has 0 fully saturated rings. The molecular formula is C8H18NO-. The van der Waals surface area contributed by atoms with Crippen LogP contribution < -0.4 is 0 Å². The van der Waals surface area contributed by atoms with Gasteiger partial charge < -0.3 is 9.85 Å². The van der Waals surface area contributed by atoms with Crippen LogP contribution in [0.2, 0.25) is 0 Å². The molecule has 0 aliphatic heterocycles. The lowest BCUT2D eigenvalue weighted by atomic mass is 9.96. The molecule has 0 aliphatic carbocycles. The number of nitrogens with zero attached hydrogens (tertiary/aromatic N) is 1. The Balaban J connectivity index is 3.89. The molecule has 1 unspecified atom stereocenters. The fraction of sp³-hybridized carbons (Fsp3) is 0.875. The molecule has 62 valence electrons. The van der Waals surface area contributed by atoms with E-state index < -0.39 is 0 Å². The predicted molar refractivity (Wildman–Crippen MR) is 43.8 cm³/mol. The van der Waals surface area contributed by atoms with Crippen molar-refractivity contribution >= 4 is 0 Å². The molecule has 0 spiro atoms. The molecule has 0 rings (SSSR count). The van der Waals surface area contributed by atoms with Crippen molar-refractivity contribution < 1.29 is 4.65 Å². The van der Waals surface area contributed by atoms with E-state index in [1.165, 1.54) is 0 Å². The van der Waals surface area contributed by atoms with Gasteiger partial charge in [0.25, 0.3) is 0 Å². The van der Waals surface area contributed by atoms with E-state index in [9.17, 15) is 5.21 Å². The number of rotatable bonds is 2. The van der Waals surface area contributed by atoms with Crippen LogP contribution in [0.25, 0.3) is 0 Å². The van der Waals surface area contributed by atoms with Gasteiger partial charge in [0.2, 0.25) is 0 Å². The zero-order valence-corrected chi connectivity index (χ0v) is 7.48. The Bertz CT molecular complexity index is 102. The first-order valence-electron chi connectivity index (χ1n) is 3.69. The zero-order valence-electron chi connectivity index (χ0n) is 7.48. The molecule has 0 heterocycles. The fourth-order valence-corrected chi connectivity index (χ4v) is 0.976. The van der Waals surface area contributed by atoms with Crippen LogP contribution >= 0.6 is 0 Å². The van der Waals surface area contributed by atoms with Gasteiger partial charge in [0.1, 0.15) is 0 Å². The standard InChI is InChI=1S/C8H18NO/c1-6-9(5,10)7-8(2,3)4/h5-7H2,1-4H3/q-1. The molecule has 10 heavy (non-hydrogen) atoms. The molecule has 0 N–H and O–H groups in total. The quantitative estimate of drug-likeness (QED) is 0.331. The van der Waals surface area contributed by atoms with Gasteiger partial charge in [0.15, 0.2) is 0 Å². The minimum Gasteiger partial charge on any atom is -0.662 e. The SMILES string of the molecule is [CH2-][N+]([O-])(CC)CC(C)(C)C. The van der Waals surface area contributed by atoms with Crippen LogP contribution in [0.5, 0.6) is 0 Å². The summed E-state index contributed by atoms with van der Waals surface area (Å²) in [5.41, 5.74) is 0.0828. The molecule has 0 aromatic carbocycles. The van der Waals surface area contributed by atoms with Crippen molar-refractivity contribution in [2.75, 3.05) is 13.1 Å². The Hall–Kier alpha value is -0.0800. The Labute approximate surface area is 64.0 Å². The topological polar surface area (TPSA) is 23.1 Å². The summed E-state index contributed by atoms with van der Waals surface area (Å²) in [5, 5.41) is 11.3. The molecule has 0 aliphatic rings. The highest BCUT2D eigenvalue weighted by atomic mass is 16.5. The van der Waals surface area contributed by atoms with E-state index in [-0.39, 0.29) is 10.1 Å². The number of hydrogen-bond acceptors (Lipinski definition) is 1. The lowest BCUT2D eigenvalue weighted by Crippen LogP contribution is -2.41. The van der Waals surface area contributed by atoms with E-state index in [1.54, 1.807) is 0 Å². The second-order valence-corrected chi connectivity index (χ2v) is 4.09. The summed E-state index contributed by atoms with van der Waals surface area (Å²) in [4.78, 5) is 0. The Morgan fingerprint density at radius 1 is 1.40 bits per heavy atom. The third-order valence-corrected chi connectivity index (χ3v) is 1.34. The summed E-state index contributed by atoms with van der Waals surface area (Å²) >= 11 is 0. The fourth-order valence-electron chi connectivity index (χ4n) is 0.976. The Morgan fingerprint density at radius 3 is 1.90 bits per heavy atom. The summed E-state index contributed by atoms with van der Waals surface area (Å²) in [5.74, 6) is 0. The van der Waals surface area contributed by atoms with Crippen LogP contribution in [0, 0.1) is 17.7 Å². The van der Waals surface area contributed by atoms with Crippen LogP contribution in [-0.4, -0.2) is 17.7 Å². The Morgan fingerprint density at radius 2 is 1.80 bits per heavy atom. The number of hydroxylamine groups is 3. The highest BCUT2D eigenvalue weighted by molar-refractivity contribution is 4.60. The van der Waals surface area contributed by atoms with Gasteiger partial charge >= 0.3 is 0 Å². The maximum absolute atomic E-state index is 11.3. The molecule has 0 bridgehead atoms. The summed E-state index contributed by atoms with van der Waals surface area (Å²) < 4.78 is -0.372. The first-order valence-corrected chi connectivity index (χ1v) is 3.69. The van der Waals surface area contributed by atoms with Crippen LogP contribution in [-0.2, 0) is 0 Å². The minimum absolute atomic E-state index is 0.0828. The molecule has 1 atom stereocenters. The molecule has 0 saturated heterocycles. The third kappa shape index (κ3) is 4.77. The van der Waals surface area contributed by atoms with Gasteiger partial charge in [-0.25, -0.2) is 0 Å². The van der Waals surface area contributed by atoms with Crippen molar-refractivity contribution in [1.82, 2.24) is 0 Å². The average molecular weight is 144 g/mol. The lowest BCUT2D eigenvalue weighted by molar-refractivity contribution is -0.840. The van der Waals surface area contributed by atoms with Crippen LogP contribution in [0.4, 0.5) is 0 Å². The molecule has 0 saturated carbocycles. The van der Waals surface area contributed by atoms with E-state index in [0.717, 1.165) is 0 Å². The van der Waals surface area contributed by atoms with Gasteiger partial charge in [-0.2, -0.15) is 0 Å². The Kier molecular flexibility index (Phi) is 2.86. The monoisotopic (exact) mass is 144 g/mol. The maximum atomic E-state index is 11.3. The van der Waals surface area contributed by atoms with Crippen LogP contribution in [0.15, 0.2) is 0 Å². The maximum Gasteiger partial charge on any atom is 0.0591 e. The smallest absolute Gasteiger partial charge is 0.0591 e. The summed E-state index contributed by atoms with van der Waals surface area (Å²) in [6, 6.07) is 0. The minimum atomic E-state index is -0.372. The van der Waals surface area contributed by atoms with Gasteiger partial charge in [-0.05, 0) is 6.92 Å². The van der Waals surface area contributed by atoms with E-state index >= 15 is 0 Å². The van der Waals surface area contributed by atoms with Crippen molar-refractivity contribution in [3.8, 4) is 0 Å². The average Bonchev–Trinajstić information content (AvgIpc) is 1.60. The predicted octanol–water partition coefficient (Wildman–Crippen LogP) is 2.16. The molecule has 2 heteroatoms.